The summed E-state index contributed by atoms with van der Waals surface area (Å²) < 4.78 is 5.06. The first-order chi connectivity index (χ1) is 13.5. The van der Waals surface area contributed by atoms with Crippen LogP contribution >= 0.6 is 11.3 Å². The fraction of sp³-hybridized carbons (Fsp3) is 0.389. The third kappa shape index (κ3) is 4.83. The minimum absolute atomic E-state index is 0.0647. The molecule has 0 saturated heterocycles. The van der Waals surface area contributed by atoms with Crippen LogP contribution in [0, 0.1) is 0 Å². The Labute approximate surface area is 165 Å². The summed E-state index contributed by atoms with van der Waals surface area (Å²) in [5.41, 5.74) is 0.692. The smallest absolute Gasteiger partial charge is 0.350 e. The number of ether oxygens (including phenoxy) is 1. The van der Waals surface area contributed by atoms with Gasteiger partial charge >= 0.3 is 12.0 Å². The summed E-state index contributed by atoms with van der Waals surface area (Å²) in [6.07, 6.45) is 3.39. The van der Waals surface area contributed by atoms with E-state index in [4.69, 9.17) is 4.74 Å². The maximum Gasteiger partial charge on any atom is 0.350 e. The first kappa shape index (κ1) is 19.7. The number of hydrogen-bond acceptors (Lipinski definition) is 7. The molecule has 3 N–H and O–H groups in total. The Kier molecular flexibility index (Phi) is 6.19. The van der Waals surface area contributed by atoms with Gasteiger partial charge in [-0.1, -0.05) is 0 Å². The summed E-state index contributed by atoms with van der Waals surface area (Å²) in [7, 11) is 0. The largest absolute Gasteiger partial charge is 0.462 e. The molecule has 0 unspecified atom stereocenters. The lowest BCUT2D eigenvalue weighted by atomic mass is 10.3. The molecule has 28 heavy (non-hydrogen) atoms. The third-order valence-corrected chi connectivity index (χ3v) is 4.89. The Morgan fingerprint density at radius 3 is 2.64 bits per heavy atom. The number of carbonyl (C=O) groups excluding carboxylic acids is 3. The highest BCUT2D eigenvalue weighted by Crippen LogP contribution is 2.30. The van der Waals surface area contributed by atoms with Crippen molar-refractivity contribution in [1.82, 2.24) is 20.6 Å². The second-order valence-electron chi connectivity index (χ2n) is 6.08. The van der Waals surface area contributed by atoms with Gasteiger partial charge in [0.25, 0.3) is 5.91 Å². The second-order valence-corrected chi connectivity index (χ2v) is 7.08. The van der Waals surface area contributed by atoms with E-state index in [1.807, 2.05) is 6.92 Å². The molecule has 2 aromatic heterocycles. The molecule has 0 bridgehead atoms. The molecule has 9 nitrogen and oxygen atoms in total. The Balaban J connectivity index is 1.83. The lowest BCUT2D eigenvalue weighted by Gasteiger charge is -2.05. The SMILES string of the molecule is CCNC(=O)Nc1ccc(-c2nc(C(=O)NC3CC3)c(C(=O)OCC)s2)cn1. The lowest BCUT2D eigenvalue weighted by Crippen LogP contribution is -2.28. The molecule has 1 fully saturated rings. The van der Waals surface area contributed by atoms with Gasteiger partial charge in [-0.25, -0.2) is 19.6 Å². The molecule has 0 spiro atoms. The zero-order valence-corrected chi connectivity index (χ0v) is 16.4. The predicted molar refractivity (Wildman–Crippen MR) is 104 cm³/mol. The van der Waals surface area contributed by atoms with Crippen LogP contribution in [-0.4, -0.2) is 47.1 Å². The summed E-state index contributed by atoms with van der Waals surface area (Å²) >= 11 is 1.08. The van der Waals surface area contributed by atoms with Crippen LogP contribution in [0.1, 0.15) is 46.8 Å². The van der Waals surface area contributed by atoms with E-state index in [0.29, 0.717) is 22.9 Å². The molecule has 1 aliphatic rings. The molecule has 0 aliphatic heterocycles. The summed E-state index contributed by atoms with van der Waals surface area (Å²) in [5.74, 6) is -0.575. The van der Waals surface area contributed by atoms with Crippen LogP contribution in [0.25, 0.3) is 10.6 Å². The maximum absolute atomic E-state index is 12.5. The van der Waals surface area contributed by atoms with E-state index >= 15 is 0 Å². The van der Waals surface area contributed by atoms with Crippen molar-refractivity contribution in [3.05, 3.63) is 28.9 Å². The molecule has 2 heterocycles. The van der Waals surface area contributed by atoms with Crippen molar-refractivity contribution in [2.24, 2.45) is 0 Å². The first-order valence-electron chi connectivity index (χ1n) is 9.01. The number of carbonyl (C=O) groups is 3. The number of esters is 1. The molecule has 3 amide bonds. The van der Waals surface area contributed by atoms with Gasteiger partial charge in [-0.2, -0.15) is 0 Å². The maximum atomic E-state index is 12.5. The molecular formula is C18H21N5O4S. The fourth-order valence-corrected chi connectivity index (χ4v) is 3.28. The van der Waals surface area contributed by atoms with Crippen molar-refractivity contribution in [3.8, 4) is 10.6 Å². The molecule has 148 valence electrons. The zero-order chi connectivity index (χ0) is 20.1. The number of amides is 3. The number of nitrogens with zero attached hydrogens (tertiary/aromatic N) is 2. The van der Waals surface area contributed by atoms with Crippen molar-refractivity contribution in [2.75, 3.05) is 18.5 Å². The van der Waals surface area contributed by atoms with Crippen molar-refractivity contribution >= 4 is 35.1 Å². The Morgan fingerprint density at radius 2 is 2.04 bits per heavy atom. The minimum atomic E-state index is -0.574. The number of aromatic nitrogens is 2. The van der Waals surface area contributed by atoms with Gasteiger partial charge in [0.2, 0.25) is 0 Å². The second kappa shape index (κ2) is 8.79. The van der Waals surface area contributed by atoms with Gasteiger partial charge < -0.3 is 15.4 Å². The first-order valence-corrected chi connectivity index (χ1v) is 9.83. The van der Waals surface area contributed by atoms with E-state index in [1.54, 1.807) is 19.1 Å². The number of thiazole rings is 1. The van der Waals surface area contributed by atoms with Gasteiger partial charge in [0, 0.05) is 24.3 Å². The molecule has 0 atom stereocenters. The Morgan fingerprint density at radius 1 is 1.25 bits per heavy atom. The molecule has 0 radical (unpaired) electrons. The number of nitrogens with one attached hydrogen (secondary N) is 3. The van der Waals surface area contributed by atoms with Crippen molar-refractivity contribution < 1.29 is 19.1 Å². The summed E-state index contributed by atoms with van der Waals surface area (Å²) in [5, 5.41) is 8.53. The summed E-state index contributed by atoms with van der Waals surface area (Å²) in [6.45, 7) is 4.23. The molecule has 2 aromatic rings. The van der Waals surface area contributed by atoms with Crippen molar-refractivity contribution in [1.29, 1.82) is 0 Å². The van der Waals surface area contributed by atoms with Gasteiger partial charge in [-0.05, 0) is 38.8 Å². The lowest BCUT2D eigenvalue weighted by molar-refractivity contribution is 0.0528. The van der Waals surface area contributed by atoms with Crippen LogP contribution in [0.4, 0.5) is 10.6 Å². The normalized spacial score (nSPS) is 12.9. The fourth-order valence-electron chi connectivity index (χ4n) is 2.33. The third-order valence-electron chi connectivity index (χ3n) is 3.81. The van der Waals surface area contributed by atoms with Crippen LogP contribution in [0.5, 0.6) is 0 Å². The Bertz CT molecular complexity index is 877. The topological polar surface area (TPSA) is 122 Å². The van der Waals surface area contributed by atoms with Gasteiger partial charge in [0.15, 0.2) is 5.69 Å². The molecule has 3 rings (SSSR count). The molecule has 1 aliphatic carbocycles. The van der Waals surface area contributed by atoms with Crippen LogP contribution in [-0.2, 0) is 4.74 Å². The Hall–Kier alpha value is -3.01. The van der Waals surface area contributed by atoms with Gasteiger partial charge in [-0.15, -0.1) is 11.3 Å². The van der Waals surface area contributed by atoms with Gasteiger partial charge in [0.05, 0.1) is 6.61 Å². The average Bonchev–Trinajstić information content (AvgIpc) is 3.36. The number of urea groups is 1. The van der Waals surface area contributed by atoms with Crippen LogP contribution in [0.2, 0.25) is 0 Å². The molecule has 0 aromatic carbocycles. The minimum Gasteiger partial charge on any atom is -0.462 e. The number of rotatable bonds is 7. The average molecular weight is 403 g/mol. The van der Waals surface area contributed by atoms with Gasteiger partial charge in [0.1, 0.15) is 15.7 Å². The molecule has 10 heteroatoms. The standard InChI is InChI=1S/C18H21N5O4S/c1-3-19-18(26)22-12-8-5-10(9-20-12)16-23-13(15(24)21-11-6-7-11)14(28-16)17(25)27-4-2/h5,8-9,11H,3-4,6-7H2,1-2H3,(H,21,24)(H2,19,20,22,26). The summed E-state index contributed by atoms with van der Waals surface area (Å²) in [4.78, 5) is 45.0. The van der Waals surface area contributed by atoms with Crippen LogP contribution < -0.4 is 16.0 Å². The summed E-state index contributed by atoms with van der Waals surface area (Å²) in [6, 6.07) is 3.14. The van der Waals surface area contributed by atoms with E-state index in [2.05, 4.69) is 25.9 Å². The number of pyridine rings is 1. The van der Waals surface area contributed by atoms with Crippen LogP contribution in [0.15, 0.2) is 18.3 Å². The quantitative estimate of drug-likeness (QED) is 0.610. The van der Waals surface area contributed by atoms with E-state index in [1.165, 1.54) is 6.20 Å². The van der Waals surface area contributed by atoms with Crippen molar-refractivity contribution in [3.63, 3.8) is 0 Å². The highest BCUT2D eigenvalue weighted by molar-refractivity contribution is 7.17. The van der Waals surface area contributed by atoms with Crippen LogP contribution in [0.3, 0.4) is 0 Å². The molecule has 1 saturated carbocycles. The monoisotopic (exact) mass is 403 g/mol. The molecular weight excluding hydrogens is 382 g/mol. The van der Waals surface area contributed by atoms with Crippen molar-refractivity contribution in [2.45, 2.75) is 32.7 Å². The predicted octanol–water partition coefficient (Wildman–Crippen LogP) is 2.42. The number of anilines is 1. The zero-order valence-electron chi connectivity index (χ0n) is 15.6. The number of hydrogen-bond donors (Lipinski definition) is 3. The van der Waals surface area contributed by atoms with Gasteiger partial charge in [-0.3, -0.25) is 10.1 Å². The van der Waals surface area contributed by atoms with E-state index in [9.17, 15) is 14.4 Å². The highest BCUT2D eigenvalue weighted by Gasteiger charge is 2.29. The highest BCUT2D eigenvalue weighted by atomic mass is 32.1. The van der Waals surface area contributed by atoms with E-state index in [-0.39, 0.29) is 35.2 Å². The van der Waals surface area contributed by atoms with E-state index < -0.39 is 5.97 Å². The van der Waals surface area contributed by atoms with E-state index in [0.717, 1.165) is 24.2 Å².